The molecular weight excluding hydrogens is 307 g/mol. The highest BCUT2D eigenvalue weighted by molar-refractivity contribution is 5.79. The molecule has 1 aromatic rings. The van der Waals surface area contributed by atoms with Crippen molar-refractivity contribution in [3.8, 4) is 0 Å². The Hall–Kier alpha value is -1.83. The van der Waals surface area contributed by atoms with Gasteiger partial charge in [-0.1, -0.05) is 6.07 Å². The van der Waals surface area contributed by atoms with Crippen molar-refractivity contribution >= 4 is 5.96 Å². The summed E-state index contributed by atoms with van der Waals surface area (Å²) < 4.78 is 37.1. The first-order valence-electron chi connectivity index (χ1n) is 7.60. The van der Waals surface area contributed by atoms with Crippen LogP contribution in [0.5, 0.6) is 0 Å². The molecule has 0 aliphatic carbocycles. The molecule has 1 saturated heterocycles. The van der Waals surface area contributed by atoms with Gasteiger partial charge in [-0.3, -0.25) is 14.9 Å². The molecule has 0 aromatic carbocycles. The first-order chi connectivity index (χ1) is 11.0. The summed E-state index contributed by atoms with van der Waals surface area (Å²) in [6.45, 7) is 1.29. The molecule has 1 unspecified atom stereocenters. The van der Waals surface area contributed by atoms with Gasteiger partial charge in [0, 0.05) is 26.3 Å². The van der Waals surface area contributed by atoms with Crippen LogP contribution in [0.2, 0.25) is 0 Å². The number of pyridine rings is 1. The van der Waals surface area contributed by atoms with E-state index in [0.29, 0.717) is 32.1 Å². The Morgan fingerprint density at radius 3 is 2.87 bits per heavy atom. The standard InChI is InChI=1S/C15H22F3N5/c1-19-14(22-9-13-4-2-3-6-20-13)21-8-12-5-7-23(10-12)11-15(16,17)18/h2-4,6,12H,5,7-11H2,1H3,(H2,19,21,22). The van der Waals surface area contributed by atoms with Gasteiger partial charge < -0.3 is 10.6 Å². The van der Waals surface area contributed by atoms with E-state index >= 15 is 0 Å². The maximum absolute atomic E-state index is 12.4. The highest BCUT2D eigenvalue weighted by Crippen LogP contribution is 2.22. The normalized spacial score (nSPS) is 19.8. The number of aromatic nitrogens is 1. The molecule has 5 nitrogen and oxygen atoms in total. The lowest BCUT2D eigenvalue weighted by molar-refractivity contribution is -0.143. The molecule has 1 aliphatic rings. The van der Waals surface area contributed by atoms with Crippen molar-refractivity contribution in [1.29, 1.82) is 0 Å². The van der Waals surface area contributed by atoms with Crippen molar-refractivity contribution in [2.75, 3.05) is 33.2 Å². The van der Waals surface area contributed by atoms with Gasteiger partial charge in [-0.15, -0.1) is 0 Å². The van der Waals surface area contributed by atoms with Crippen LogP contribution in [0.25, 0.3) is 0 Å². The molecule has 23 heavy (non-hydrogen) atoms. The topological polar surface area (TPSA) is 52.6 Å². The molecule has 2 N–H and O–H groups in total. The second kappa shape index (κ2) is 8.14. The SMILES string of the molecule is CN=C(NCc1ccccn1)NCC1CCN(CC(F)(F)F)C1. The van der Waals surface area contributed by atoms with Crippen LogP contribution >= 0.6 is 0 Å². The number of hydrogen-bond donors (Lipinski definition) is 2. The summed E-state index contributed by atoms with van der Waals surface area (Å²) in [5.74, 6) is 0.829. The van der Waals surface area contributed by atoms with Gasteiger partial charge in [-0.25, -0.2) is 0 Å². The maximum atomic E-state index is 12.4. The van der Waals surface area contributed by atoms with E-state index in [0.717, 1.165) is 12.1 Å². The van der Waals surface area contributed by atoms with Gasteiger partial charge in [0.15, 0.2) is 5.96 Å². The predicted octanol–water partition coefficient (Wildman–Crippen LogP) is 1.63. The third-order valence-corrected chi connectivity index (χ3v) is 3.72. The first kappa shape index (κ1) is 17.5. The summed E-state index contributed by atoms with van der Waals surface area (Å²) in [6, 6.07) is 5.67. The zero-order valence-corrected chi connectivity index (χ0v) is 13.1. The van der Waals surface area contributed by atoms with Crippen molar-refractivity contribution < 1.29 is 13.2 Å². The van der Waals surface area contributed by atoms with Crippen LogP contribution < -0.4 is 10.6 Å². The molecule has 2 heterocycles. The van der Waals surface area contributed by atoms with E-state index in [1.165, 1.54) is 4.90 Å². The summed E-state index contributed by atoms with van der Waals surface area (Å²) in [5, 5.41) is 6.31. The van der Waals surface area contributed by atoms with Gasteiger partial charge in [-0.2, -0.15) is 13.2 Å². The summed E-state index contributed by atoms with van der Waals surface area (Å²) in [5.41, 5.74) is 0.896. The Bertz CT molecular complexity index is 504. The molecule has 0 saturated carbocycles. The van der Waals surface area contributed by atoms with Crippen molar-refractivity contribution in [3.63, 3.8) is 0 Å². The first-order valence-corrected chi connectivity index (χ1v) is 7.60. The second-order valence-electron chi connectivity index (χ2n) is 5.63. The van der Waals surface area contributed by atoms with Crippen molar-refractivity contribution in [2.24, 2.45) is 10.9 Å². The Morgan fingerprint density at radius 2 is 2.22 bits per heavy atom. The van der Waals surface area contributed by atoms with Crippen LogP contribution in [0.15, 0.2) is 29.4 Å². The molecule has 0 bridgehead atoms. The summed E-state index contributed by atoms with van der Waals surface area (Å²) >= 11 is 0. The lowest BCUT2D eigenvalue weighted by Gasteiger charge is -2.18. The number of nitrogens with one attached hydrogen (secondary N) is 2. The quantitative estimate of drug-likeness (QED) is 0.637. The van der Waals surface area contributed by atoms with Crippen LogP contribution in [-0.2, 0) is 6.54 Å². The molecule has 0 amide bonds. The Balaban J connectivity index is 1.70. The van der Waals surface area contributed by atoms with Crippen LogP contribution in [0.1, 0.15) is 12.1 Å². The zero-order valence-electron chi connectivity index (χ0n) is 13.1. The predicted molar refractivity (Wildman–Crippen MR) is 83.0 cm³/mol. The van der Waals surface area contributed by atoms with Crippen LogP contribution in [0, 0.1) is 5.92 Å². The number of hydrogen-bond acceptors (Lipinski definition) is 3. The highest BCUT2D eigenvalue weighted by atomic mass is 19.4. The minimum Gasteiger partial charge on any atom is -0.356 e. The van der Waals surface area contributed by atoms with E-state index in [1.807, 2.05) is 18.2 Å². The fourth-order valence-corrected chi connectivity index (χ4v) is 2.62. The van der Waals surface area contributed by atoms with Crippen molar-refractivity contribution in [2.45, 2.75) is 19.1 Å². The number of aliphatic imine (C=N–C) groups is 1. The Morgan fingerprint density at radius 1 is 1.39 bits per heavy atom. The van der Waals surface area contributed by atoms with Crippen LogP contribution in [0.4, 0.5) is 13.2 Å². The molecule has 1 fully saturated rings. The van der Waals surface area contributed by atoms with E-state index in [9.17, 15) is 13.2 Å². The van der Waals surface area contributed by atoms with E-state index in [-0.39, 0.29) is 5.92 Å². The monoisotopic (exact) mass is 329 g/mol. The number of guanidine groups is 1. The van der Waals surface area contributed by atoms with Crippen LogP contribution in [-0.4, -0.2) is 55.2 Å². The van der Waals surface area contributed by atoms with Gasteiger partial charge in [0.25, 0.3) is 0 Å². The lowest BCUT2D eigenvalue weighted by atomic mass is 10.1. The average molecular weight is 329 g/mol. The molecule has 0 radical (unpaired) electrons. The summed E-state index contributed by atoms with van der Waals surface area (Å²) in [4.78, 5) is 9.78. The van der Waals surface area contributed by atoms with Crippen molar-refractivity contribution in [3.05, 3.63) is 30.1 Å². The lowest BCUT2D eigenvalue weighted by Crippen LogP contribution is -2.40. The van der Waals surface area contributed by atoms with Gasteiger partial charge in [0.2, 0.25) is 0 Å². The van der Waals surface area contributed by atoms with Gasteiger partial charge in [0.1, 0.15) is 0 Å². The van der Waals surface area contributed by atoms with E-state index < -0.39 is 12.7 Å². The van der Waals surface area contributed by atoms with E-state index in [1.54, 1.807) is 13.2 Å². The summed E-state index contributed by atoms with van der Waals surface area (Å²) in [6.07, 6.45) is -1.64. The Kier molecular flexibility index (Phi) is 6.20. The second-order valence-corrected chi connectivity index (χ2v) is 5.63. The van der Waals surface area contributed by atoms with Gasteiger partial charge in [-0.05, 0) is 31.0 Å². The number of rotatable bonds is 5. The zero-order chi connectivity index (χ0) is 16.7. The molecule has 0 spiro atoms. The fourth-order valence-electron chi connectivity index (χ4n) is 2.62. The van der Waals surface area contributed by atoms with E-state index in [4.69, 9.17) is 0 Å². The molecule has 1 aliphatic heterocycles. The number of nitrogens with zero attached hydrogens (tertiary/aromatic N) is 3. The molecule has 1 aromatic heterocycles. The molecule has 2 rings (SSSR count). The van der Waals surface area contributed by atoms with Gasteiger partial charge in [0.05, 0.1) is 18.8 Å². The van der Waals surface area contributed by atoms with Crippen LogP contribution in [0.3, 0.4) is 0 Å². The fraction of sp³-hybridized carbons (Fsp3) is 0.600. The van der Waals surface area contributed by atoms with E-state index in [2.05, 4.69) is 20.6 Å². The average Bonchev–Trinajstić information content (AvgIpc) is 2.94. The molecule has 1 atom stereocenters. The summed E-state index contributed by atoms with van der Waals surface area (Å²) in [7, 11) is 1.67. The Labute approximate surface area is 134 Å². The van der Waals surface area contributed by atoms with Gasteiger partial charge >= 0.3 is 6.18 Å². The van der Waals surface area contributed by atoms with Crippen molar-refractivity contribution in [1.82, 2.24) is 20.5 Å². The minimum atomic E-state index is -4.12. The number of alkyl halides is 3. The third-order valence-electron chi connectivity index (χ3n) is 3.72. The maximum Gasteiger partial charge on any atom is 0.401 e. The molecular formula is C15H22F3N5. The smallest absolute Gasteiger partial charge is 0.356 e. The minimum absolute atomic E-state index is 0.200. The number of halogens is 3. The third kappa shape index (κ3) is 6.43. The largest absolute Gasteiger partial charge is 0.401 e. The molecule has 8 heteroatoms. The molecule has 128 valence electrons. The highest BCUT2D eigenvalue weighted by Gasteiger charge is 2.34. The number of likely N-dealkylation sites (tertiary alicyclic amines) is 1.